The number of benzene rings is 1. The van der Waals surface area contributed by atoms with Gasteiger partial charge in [-0.25, -0.2) is 9.97 Å². The van der Waals surface area contributed by atoms with Crippen molar-refractivity contribution in [1.82, 2.24) is 14.9 Å². The van der Waals surface area contributed by atoms with Crippen molar-refractivity contribution >= 4 is 11.7 Å². The summed E-state index contributed by atoms with van der Waals surface area (Å²) >= 11 is 0. The van der Waals surface area contributed by atoms with Gasteiger partial charge < -0.3 is 19.3 Å². The minimum atomic E-state index is 0.0147. The molecule has 7 nitrogen and oxygen atoms in total. The molecule has 144 valence electrons. The van der Waals surface area contributed by atoms with Crippen molar-refractivity contribution in [3.8, 4) is 17.4 Å². The van der Waals surface area contributed by atoms with Crippen LogP contribution in [-0.2, 0) is 4.79 Å². The number of anilines is 1. The second-order valence-corrected chi connectivity index (χ2v) is 6.98. The third kappa shape index (κ3) is 4.48. The summed E-state index contributed by atoms with van der Waals surface area (Å²) in [5.74, 6) is 2.86. The fourth-order valence-corrected chi connectivity index (χ4v) is 3.17. The molecule has 1 unspecified atom stereocenters. The molecule has 2 aromatic rings. The summed E-state index contributed by atoms with van der Waals surface area (Å²) < 4.78 is 11.1. The van der Waals surface area contributed by atoms with Crippen LogP contribution in [0.1, 0.15) is 20.8 Å². The lowest BCUT2D eigenvalue weighted by atomic mass is 10.1. The van der Waals surface area contributed by atoms with E-state index in [0.717, 1.165) is 24.7 Å². The fraction of sp³-hybridized carbons (Fsp3) is 0.450. The average Bonchev–Trinajstić information content (AvgIpc) is 2.67. The van der Waals surface area contributed by atoms with Gasteiger partial charge in [-0.05, 0) is 19.1 Å². The van der Waals surface area contributed by atoms with E-state index in [4.69, 9.17) is 9.47 Å². The Morgan fingerprint density at radius 2 is 1.96 bits per heavy atom. The molecule has 0 spiro atoms. The molecule has 2 heterocycles. The van der Waals surface area contributed by atoms with Crippen LogP contribution in [0.15, 0.2) is 36.7 Å². The SMILES string of the molecule is COc1cccc(Oc2cc(N3CCN(C(=O)C(C)C)C(C)C3)ncn2)c1. The lowest BCUT2D eigenvalue weighted by molar-refractivity contribution is -0.136. The first kappa shape index (κ1) is 18.9. The third-order valence-corrected chi connectivity index (χ3v) is 4.62. The standard InChI is InChI=1S/C20H26N4O3/c1-14(2)20(25)24-9-8-23(12-15(24)3)18-11-19(22-13-21-18)27-17-7-5-6-16(10-17)26-4/h5-7,10-11,13-15H,8-9,12H2,1-4H3. The summed E-state index contributed by atoms with van der Waals surface area (Å²) in [5, 5.41) is 0. The molecule has 1 aromatic heterocycles. The number of hydrogen-bond donors (Lipinski definition) is 0. The van der Waals surface area contributed by atoms with E-state index in [-0.39, 0.29) is 17.9 Å². The Balaban J connectivity index is 1.70. The Kier molecular flexibility index (Phi) is 5.78. The zero-order valence-corrected chi connectivity index (χ0v) is 16.3. The quantitative estimate of drug-likeness (QED) is 0.806. The van der Waals surface area contributed by atoms with Crippen LogP contribution in [0.3, 0.4) is 0 Å². The third-order valence-electron chi connectivity index (χ3n) is 4.62. The van der Waals surface area contributed by atoms with Crippen LogP contribution in [-0.4, -0.2) is 53.6 Å². The van der Waals surface area contributed by atoms with E-state index in [9.17, 15) is 4.79 Å². The normalized spacial score (nSPS) is 17.1. The van der Waals surface area contributed by atoms with E-state index in [1.54, 1.807) is 13.2 Å². The second-order valence-electron chi connectivity index (χ2n) is 6.98. The molecule has 1 aliphatic heterocycles. The second kappa shape index (κ2) is 8.24. The number of carbonyl (C=O) groups is 1. The first-order chi connectivity index (χ1) is 13.0. The van der Waals surface area contributed by atoms with Crippen LogP contribution in [0, 0.1) is 5.92 Å². The number of hydrogen-bond acceptors (Lipinski definition) is 6. The molecular formula is C20H26N4O3. The van der Waals surface area contributed by atoms with Gasteiger partial charge in [0.1, 0.15) is 23.6 Å². The highest BCUT2D eigenvalue weighted by Gasteiger charge is 2.29. The Hall–Kier alpha value is -2.83. The Bertz CT molecular complexity index is 796. The van der Waals surface area contributed by atoms with Crippen LogP contribution in [0.2, 0.25) is 0 Å². The number of rotatable bonds is 5. The van der Waals surface area contributed by atoms with Gasteiger partial charge in [0, 0.05) is 43.7 Å². The number of aromatic nitrogens is 2. The van der Waals surface area contributed by atoms with Crippen molar-refractivity contribution in [2.75, 3.05) is 31.6 Å². The van der Waals surface area contributed by atoms with Crippen molar-refractivity contribution in [2.45, 2.75) is 26.8 Å². The summed E-state index contributed by atoms with van der Waals surface area (Å²) in [4.78, 5) is 25.0. The molecule has 0 bridgehead atoms. The first-order valence-electron chi connectivity index (χ1n) is 9.17. The summed E-state index contributed by atoms with van der Waals surface area (Å²) in [6.45, 7) is 8.10. The van der Waals surface area contributed by atoms with Gasteiger partial charge >= 0.3 is 0 Å². The number of piperazine rings is 1. The number of methoxy groups -OCH3 is 1. The molecule has 0 aliphatic carbocycles. The molecule has 7 heteroatoms. The Labute approximate surface area is 159 Å². The lowest BCUT2D eigenvalue weighted by Crippen LogP contribution is -2.55. The maximum absolute atomic E-state index is 12.3. The van der Waals surface area contributed by atoms with Crippen LogP contribution >= 0.6 is 0 Å². The molecule has 3 rings (SSSR count). The number of nitrogens with zero attached hydrogens (tertiary/aromatic N) is 4. The topological polar surface area (TPSA) is 67.8 Å². The molecule has 0 radical (unpaired) electrons. The zero-order chi connectivity index (χ0) is 19.4. The predicted molar refractivity (Wildman–Crippen MR) is 103 cm³/mol. The van der Waals surface area contributed by atoms with Gasteiger partial charge in [-0.3, -0.25) is 4.79 Å². The maximum Gasteiger partial charge on any atom is 0.225 e. The first-order valence-corrected chi connectivity index (χ1v) is 9.17. The van der Waals surface area contributed by atoms with Gasteiger partial charge in [-0.15, -0.1) is 0 Å². The molecule has 1 aromatic carbocycles. The molecule has 1 amide bonds. The molecule has 1 fully saturated rings. The van der Waals surface area contributed by atoms with E-state index >= 15 is 0 Å². The molecule has 1 aliphatic rings. The average molecular weight is 370 g/mol. The van der Waals surface area contributed by atoms with Crippen LogP contribution in [0.5, 0.6) is 17.4 Å². The monoisotopic (exact) mass is 370 g/mol. The molecule has 0 N–H and O–H groups in total. The minimum Gasteiger partial charge on any atom is -0.497 e. The van der Waals surface area contributed by atoms with Gasteiger partial charge in [0.25, 0.3) is 0 Å². The van der Waals surface area contributed by atoms with Crippen molar-refractivity contribution in [1.29, 1.82) is 0 Å². The van der Waals surface area contributed by atoms with E-state index in [1.807, 2.05) is 43.0 Å². The van der Waals surface area contributed by atoms with Crippen molar-refractivity contribution < 1.29 is 14.3 Å². The smallest absolute Gasteiger partial charge is 0.225 e. The highest BCUT2D eigenvalue weighted by atomic mass is 16.5. The maximum atomic E-state index is 12.3. The van der Waals surface area contributed by atoms with Crippen LogP contribution < -0.4 is 14.4 Å². The highest BCUT2D eigenvalue weighted by molar-refractivity contribution is 5.78. The van der Waals surface area contributed by atoms with Gasteiger partial charge in [0.05, 0.1) is 7.11 Å². The lowest BCUT2D eigenvalue weighted by Gasteiger charge is -2.41. The number of amides is 1. The molecule has 27 heavy (non-hydrogen) atoms. The molecular weight excluding hydrogens is 344 g/mol. The van der Waals surface area contributed by atoms with E-state index < -0.39 is 0 Å². The van der Waals surface area contributed by atoms with E-state index in [1.165, 1.54) is 6.33 Å². The van der Waals surface area contributed by atoms with Crippen LogP contribution in [0.4, 0.5) is 5.82 Å². The number of carbonyl (C=O) groups excluding carboxylic acids is 1. The van der Waals surface area contributed by atoms with Crippen molar-refractivity contribution in [3.63, 3.8) is 0 Å². The van der Waals surface area contributed by atoms with Crippen molar-refractivity contribution in [3.05, 3.63) is 36.7 Å². The Morgan fingerprint density at radius 1 is 1.19 bits per heavy atom. The van der Waals surface area contributed by atoms with Gasteiger partial charge in [-0.2, -0.15) is 0 Å². The van der Waals surface area contributed by atoms with Crippen LogP contribution in [0.25, 0.3) is 0 Å². The minimum absolute atomic E-state index is 0.0147. The van der Waals surface area contributed by atoms with Gasteiger partial charge in [0.2, 0.25) is 11.8 Å². The Morgan fingerprint density at radius 3 is 2.67 bits per heavy atom. The highest BCUT2D eigenvalue weighted by Crippen LogP contribution is 2.26. The largest absolute Gasteiger partial charge is 0.497 e. The summed E-state index contributed by atoms with van der Waals surface area (Å²) in [6, 6.07) is 9.33. The summed E-state index contributed by atoms with van der Waals surface area (Å²) in [7, 11) is 1.62. The zero-order valence-electron chi connectivity index (χ0n) is 16.3. The predicted octanol–water partition coefficient (Wildman–Crippen LogP) is 2.97. The summed E-state index contributed by atoms with van der Waals surface area (Å²) in [5.41, 5.74) is 0. The number of ether oxygens (including phenoxy) is 2. The fourth-order valence-electron chi connectivity index (χ4n) is 3.17. The molecule has 1 atom stereocenters. The molecule has 0 saturated carbocycles. The van der Waals surface area contributed by atoms with Crippen molar-refractivity contribution in [2.24, 2.45) is 5.92 Å². The van der Waals surface area contributed by atoms with Gasteiger partial charge in [0.15, 0.2) is 0 Å². The molecule has 1 saturated heterocycles. The van der Waals surface area contributed by atoms with E-state index in [0.29, 0.717) is 18.2 Å². The van der Waals surface area contributed by atoms with E-state index in [2.05, 4.69) is 21.8 Å². The van der Waals surface area contributed by atoms with Gasteiger partial charge in [-0.1, -0.05) is 19.9 Å². The summed E-state index contributed by atoms with van der Waals surface area (Å²) in [6.07, 6.45) is 1.50.